The molecular weight excluding hydrogens is 418 g/mol. The molecule has 0 saturated heterocycles. The summed E-state index contributed by atoms with van der Waals surface area (Å²) in [6, 6.07) is 22.5. The zero-order valence-corrected chi connectivity index (χ0v) is 17.7. The smallest absolute Gasteiger partial charge is 0.341 e. The molecule has 0 heterocycles. The predicted octanol–water partition coefficient (Wildman–Crippen LogP) is 4.91. The molecule has 160 valence electrons. The minimum atomic E-state index is -2.29. The molecule has 3 rings (SSSR count). The van der Waals surface area contributed by atoms with Crippen molar-refractivity contribution in [2.24, 2.45) is 0 Å². The van der Waals surface area contributed by atoms with Crippen molar-refractivity contribution in [1.29, 1.82) is 0 Å². The van der Waals surface area contributed by atoms with Gasteiger partial charge >= 0.3 is 5.97 Å². The van der Waals surface area contributed by atoms with Crippen LogP contribution in [0, 0.1) is 0 Å². The van der Waals surface area contributed by atoms with Crippen LogP contribution in [-0.2, 0) is 25.5 Å². The number of benzene rings is 3. The molecular formula is C23H21NO6S. The Balaban J connectivity index is 1.98. The van der Waals surface area contributed by atoms with Gasteiger partial charge in [-0.1, -0.05) is 42.5 Å². The number of methoxy groups -OCH3 is 2. The number of carbonyl (C=O) groups excluding carboxylic acids is 1. The maximum Gasteiger partial charge on any atom is 0.341 e. The molecule has 0 spiro atoms. The highest BCUT2D eigenvalue weighted by Crippen LogP contribution is 2.34. The quantitative estimate of drug-likeness (QED) is 0.232. The molecule has 1 unspecified atom stereocenters. The summed E-state index contributed by atoms with van der Waals surface area (Å²) in [6.07, 6.45) is 1.29. The molecule has 3 aromatic rings. The van der Waals surface area contributed by atoms with Gasteiger partial charge in [0.15, 0.2) is 0 Å². The third-order valence-corrected chi connectivity index (χ3v) is 4.98. The third-order valence-electron chi connectivity index (χ3n) is 4.25. The van der Waals surface area contributed by atoms with Gasteiger partial charge in [-0.05, 0) is 30.3 Å². The number of nitrogens with zero attached hydrogens (tertiary/aromatic N) is 1. The lowest BCUT2D eigenvalue weighted by atomic mass is 10.1. The average Bonchev–Trinajstić information content (AvgIpc) is 2.78. The van der Waals surface area contributed by atoms with Crippen LogP contribution in [0.2, 0.25) is 0 Å². The van der Waals surface area contributed by atoms with Gasteiger partial charge in [-0.25, -0.2) is 13.3 Å². The Morgan fingerprint density at radius 2 is 1.61 bits per heavy atom. The zero-order valence-electron chi connectivity index (χ0n) is 16.9. The van der Waals surface area contributed by atoms with Crippen molar-refractivity contribution < 1.29 is 27.8 Å². The maximum absolute atomic E-state index is 12.2. The van der Waals surface area contributed by atoms with E-state index in [4.69, 9.17) is 14.2 Å². The first-order chi connectivity index (χ1) is 15.0. The maximum atomic E-state index is 12.2. The molecule has 7 nitrogen and oxygen atoms in total. The molecule has 0 fully saturated rings. The second-order valence-corrected chi connectivity index (χ2v) is 7.04. The van der Waals surface area contributed by atoms with Crippen LogP contribution in [-0.4, -0.2) is 29.0 Å². The van der Waals surface area contributed by atoms with Crippen LogP contribution in [0.5, 0.6) is 11.5 Å². The fraction of sp³-hybridized carbons (Fsp3) is 0.0870. The summed E-state index contributed by atoms with van der Waals surface area (Å²) in [5.74, 6) is 0.236. The van der Waals surface area contributed by atoms with E-state index in [1.54, 1.807) is 72.8 Å². The summed E-state index contributed by atoms with van der Waals surface area (Å²) in [7, 11) is 2.72. The molecule has 0 aromatic heterocycles. The summed E-state index contributed by atoms with van der Waals surface area (Å²) < 4.78 is 39.0. The number of esters is 1. The highest BCUT2D eigenvalue weighted by atomic mass is 32.2. The molecule has 0 aliphatic heterocycles. The standard InChI is InChI=1S/C23H21NO6S/c1-28-16-21(23(25)29-2)20-13-6-7-14-22(20)30-19-12-8-11-18(15-19)24(31(26)27)17-9-4-3-5-10-17/h3-16H,1-2H3,(H,26,27). The highest BCUT2D eigenvalue weighted by molar-refractivity contribution is 7.81. The fourth-order valence-electron chi connectivity index (χ4n) is 2.92. The summed E-state index contributed by atoms with van der Waals surface area (Å²) in [6.45, 7) is 0. The topological polar surface area (TPSA) is 85.3 Å². The molecule has 8 heteroatoms. The van der Waals surface area contributed by atoms with E-state index in [1.165, 1.54) is 24.8 Å². The first kappa shape index (κ1) is 22.1. The van der Waals surface area contributed by atoms with Gasteiger partial charge in [0, 0.05) is 11.6 Å². The predicted molar refractivity (Wildman–Crippen MR) is 119 cm³/mol. The molecule has 0 radical (unpaired) electrons. The number of carbonyl (C=O) groups is 1. The second-order valence-electron chi connectivity index (χ2n) is 6.22. The molecule has 0 aliphatic rings. The Labute approximate surface area is 182 Å². The van der Waals surface area contributed by atoms with Crippen molar-refractivity contribution in [2.75, 3.05) is 18.5 Å². The molecule has 1 atom stereocenters. The Morgan fingerprint density at radius 1 is 0.935 bits per heavy atom. The van der Waals surface area contributed by atoms with E-state index in [1.807, 2.05) is 6.07 Å². The first-order valence-electron chi connectivity index (χ1n) is 9.20. The van der Waals surface area contributed by atoms with Crippen molar-refractivity contribution in [3.63, 3.8) is 0 Å². The lowest BCUT2D eigenvalue weighted by Gasteiger charge is -2.21. The van der Waals surface area contributed by atoms with Crippen LogP contribution < -0.4 is 9.04 Å². The van der Waals surface area contributed by atoms with Crippen LogP contribution in [0.1, 0.15) is 5.56 Å². The average molecular weight is 439 g/mol. The zero-order chi connectivity index (χ0) is 22.2. The molecule has 0 amide bonds. The van der Waals surface area contributed by atoms with Crippen LogP contribution >= 0.6 is 0 Å². The van der Waals surface area contributed by atoms with Crippen molar-refractivity contribution in [3.8, 4) is 11.5 Å². The minimum Gasteiger partial charge on any atom is -0.503 e. The van der Waals surface area contributed by atoms with E-state index in [-0.39, 0.29) is 5.57 Å². The molecule has 0 saturated carbocycles. The Kier molecular flexibility index (Phi) is 7.42. The van der Waals surface area contributed by atoms with Gasteiger partial charge in [0.1, 0.15) is 17.1 Å². The summed E-state index contributed by atoms with van der Waals surface area (Å²) in [5, 5.41) is 0. The van der Waals surface area contributed by atoms with Gasteiger partial charge in [-0.15, -0.1) is 0 Å². The van der Waals surface area contributed by atoms with E-state index in [0.717, 1.165) is 0 Å². The van der Waals surface area contributed by atoms with Crippen LogP contribution in [0.4, 0.5) is 11.4 Å². The number of rotatable bonds is 8. The third kappa shape index (κ3) is 5.30. The van der Waals surface area contributed by atoms with Gasteiger partial charge in [0.25, 0.3) is 11.3 Å². The number of hydrogen-bond donors (Lipinski definition) is 1. The van der Waals surface area contributed by atoms with Crippen LogP contribution in [0.25, 0.3) is 5.57 Å². The van der Waals surface area contributed by atoms with Gasteiger partial charge in [-0.2, -0.15) is 0 Å². The Hall–Kier alpha value is -3.62. The molecule has 31 heavy (non-hydrogen) atoms. The largest absolute Gasteiger partial charge is 0.503 e. The van der Waals surface area contributed by atoms with Crippen LogP contribution in [0.15, 0.2) is 85.1 Å². The SMILES string of the molecule is COC=C(C(=O)OC)c1ccccc1Oc1cccc(N(c2ccccc2)S(=O)O)c1. The molecule has 0 bridgehead atoms. The van der Waals surface area contributed by atoms with E-state index in [2.05, 4.69) is 0 Å². The Bertz CT molecular complexity index is 1100. The summed E-state index contributed by atoms with van der Waals surface area (Å²) in [5.41, 5.74) is 1.69. The van der Waals surface area contributed by atoms with Gasteiger partial charge < -0.3 is 14.2 Å². The number of hydrogen-bond acceptors (Lipinski definition) is 5. The second kappa shape index (κ2) is 10.4. The molecule has 1 N–H and O–H groups in total. The summed E-state index contributed by atoms with van der Waals surface area (Å²) in [4.78, 5) is 12.2. The minimum absolute atomic E-state index is 0.194. The number of ether oxygens (including phenoxy) is 3. The fourth-order valence-corrected chi connectivity index (χ4v) is 3.52. The van der Waals surface area contributed by atoms with E-state index in [9.17, 15) is 13.6 Å². The van der Waals surface area contributed by atoms with E-state index in [0.29, 0.717) is 28.4 Å². The van der Waals surface area contributed by atoms with E-state index >= 15 is 0 Å². The van der Waals surface area contributed by atoms with Crippen molar-refractivity contribution >= 4 is 34.2 Å². The van der Waals surface area contributed by atoms with Gasteiger partial charge in [0.05, 0.1) is 31.9 Å². The van der Waals surface area contributed by atoms with Gasteiger partial charge in [0.2, 0.25) is 0 Å². The van der Waals surface area contributed by atoms with E-state index < -0.39 is 17.2 Å². The number of anilines is 2. The van der Waals surface area contributed by atoms with Crippen molar-refractivity contribution in [1.82, 2.24) is 0 Å². The monoisotopic (exact) mass is 439 g/mol. The van der Waals surface area contributed by atoms with Crippen molar-refractivity contribution in [3.05, 3.63) is 90.7 Å². The lowest BCUT2D eigenvalue weighted by Crippen LogP contribution is -2.19. The van der Waals surface area contributed by atoms with Crippen LogP contribution in [0.3, 0.4) is 0 Å². The lowest BCUT2D eigenvalue weighted by molar-refractivity contribution is -0.133. The van der Waals surface area contributed by atoms with Gasteiger partial charge in [-0.3, -0.25) is 4.55 Å². The first-order valence-corrected chi connectivity index (χ1v) is 10.3. The molecule has 0 aliphatic carbocycles. The molecule has 3 aromatic carbocycles. The summed E-state index contributed by atoms with van der Waals surface area (Å²) >= 11 is -2.29. The van der Waals surface area contributed by atoms with Crippen molar-refractivity contribution in [2.45, 2.75) is 0 Å². The normalized spacial score (nSPS) is 12.0. The highest BCUT2D eigenvalue weighted by Gasteiger charge is 2.19. The Morgan fingerprint density at radius 3 is 2.29 bits per heavy atom. The number of para-hydroxylation sites is 2.